The fourth-order valence-corrected chi connectivity index (χ4v) is 3.08. The number of nitrogens with one attached hydrogen (secondary N) is 1. The van der Waals surface area contributed by atoms with Crippen LogP contribution in [0.2, 0.25) is 0 Å². The molecule has 3 N–H and O–H groups in total. The third kappa shape index (κ3) is 6.45. The topological polar surface area (TPSA) is 114 Å². The normalized spacial score (nSPS) is 13.4. The van der Waals surface area contributed by atoms with Crippen LogP contribution in [0.1, 0.15) is 10.4 Å². The number of nitrogens with two attached hydrogens (primary N) is 1. The smallest absolute Gasteiger partial charge is 0.260 e. The van der Waals surface area contributed by atoms with E-state index in [0.29, 0.717) is 24.7 Å². The average Bonchev–Trinajstić information content (AvgIpc) is 2.78. The van der Waals surface area contributed by atoms with E-state index in [1.807, 2.05) is 24.3 Å². The van der Waals surface area contributed by atoms with Crippen LogP contribution < -0.4 is 20.7 Å². The van der Waals surface area contributed by atoms with Crippen LogP contribution in [0.4, 0.5) is 11.4 Å². The summed E-state index contributed by atoms with van der Waals surface area (Å²) in [7, 11) is 1.52. The lowest BCUT2D eigenvalue weighted by atomic mass is 10.2. The Balaban J connectivity index is 1.45. The summed E-state index contributed by atoms with van der Waals surface area (Å²) in [5.74, 6) is -0.917. The van der Waals surface area contributed by atoms with Crippen LogP contribution in [0.3, 0.4) is 0 Å². The predicted molar refractivity (Wildman–Crippen MR) is 116 cm³/mol. The average molecular weight is 426 g/mol. The Bertz CT molecular complexity index is 926. The molecule has 1 aliphatic rings. The van der Waals surface area contributed by atoms with Crippen LogP contribution in [-0.2, 0) is 14.3 Å². The number of carbonyl (C=O) groups is 3. The first-order valence-electron chi connectivity index (χ1n) is 9.91. The van der Waals surface area contributed by atoms with Crippen molar-refractivity contribution in [2.45, 2.75) is 0 Å². The Morgan fingerprint density at radius 2 is 1.84 bits per heavy atom. The molecule has 164 valence electrons. The third-order valence-electron chi connectivity index (χ3n) is 4.81. The summed E-state index contributed by atoms with van der Waals surface area (Å²) in [5.41, 5.74) is 7.25. The van der Waals surface area contributed by atoms with Gasteiger partial charge in [-0.3, -0.25) is 14.4 Å². The molecule has 0 saturated carbocycles. The molecule has 0 radical (unpaired) electrons. The highest BCUT2D eigenvalue weighted by molar-refractivity contribution is 5.95. The second-order valence-corrected chi connectivity index (χ2v) is 7.13. The van der Waals surface area contributed by atoms with Gasteiger partial charge in [0.1, 0.15) is 5.75 Å². The zero-order chi connectivity index (χ0) is 22.2. The van der Waals surface area contributed by atoms with Crippen molar-refractivity contribution in [2.24, 2.45) is 5.73 Å². The molecule has 0 spiro atoms. The molecule has 2 aromatic rings. The maximum Gasteiger partial charge on any atom is 0.260 e. The Kier molecular flexibility index (Phi) is 7.45. The zero-order valence-electron chi connectivity index (χ0n) is 17.4. The number of carbonyl (C=O) groups excluding carboxylic acids is 3. The van der Waals surface area contributed by atoms with E-state index >= 15 is 0 Å². The standard InChI is InChI=1S/C22H26N4O5/c1-25(21(28)15-31-19-4-2-3-16(13-19)22(23)29)14-20(27)24-17-5-7-18(8-6-17)26-9-11-30-12-10-26/h2-8,13H,9-12,14-15H2,1H3,(H2,23,29)(H,24,27). The number of primary amides is 1. The van der Waals surface area contributed by atoms with Crippen LogP contribution in [0.5, 0.6) is 5.75 Å². The van der Waals surface area contributed by atoms with Crippen LogP contribution >= 0.6 is 0 Å². The summed E-state index contributed by atoms with van der Waals surface area (Å²) >= 11 is 0. The zero-order valence-corrected chi connectivity index (χ0v) is 17.4. The number of likely N-dealkylation sites (N-methyl/N-ethyl adjacent to an activating group) is 1. The first-order valence-corrected chi connectivity index (χ1v) is 9.91. The fourth-order valence-electron chi connectivity index (χ4n) is 3.08. The molecule has 0 aromatic heterocycles. The number of hydrogen-bond donors (Lipinski definition) is 2. The van der Waals surface area contributed by atoms with Gasteiger partial charge in [-0.15, -0.1) is 0 Å². The maximum atomic E-state index is 12.3. The molecule has 3 rings (SSSR count). The van der Waals surface area contributed by atoms with Gasteiger partial charge in [0.15, 0.2) is 6.61 Å². The molecule has 0 unspecified atom stereocenters. The SMILES string of the molecule is CN(CC(=O)Nc1ccc(N2CCOCC2)cc1)C(=O)COc1cccc(C(N)=O)c1. The Morgan fingerprint density at radius 3 is 2.52 bits per heavy atom. The number of morpholine rings is 1. The molecule has 9 nitrogen and oxygen atoms in total. The lowest BCUT2D eigenvalue weighted by Gasteiger charge is -2.28. The van der Waals surface area contributed by atoms with Gasteiger partial charge in [0.2, 0.25) is 11.8 Å². The monoisotopic (exact) mass is 426 g/mol. The van der Waals surface area contributed by atoms with Gasteiger partial charge in [-0.1, -0.05) is 6.07 Å². The molecular formula is C22H26N4O5. The summed E-state index contributed by atoms with van der Waals surface area (Å²) in [6.45, 7) is 2.72. The highest BCUT2D eigenvalue weighted by Gasteiger charge is 2.15. The van der Waals surface area contributed by atoms with E-state index in [1.165, 1.54) is 18.0 Å². The van der Waals surface area contributed by atoms with E-state index in [9.17, 15) is 14.4 Å². The van der Waals surface area contributed by atoms with Crippen molar-refractivity contribution in [3.63, 3.8) is 0 Å². The number of amides is 3. The van der Waals surface area contributed by atoms with E-state index < -0.39 is 5.91 Å². The Labute approximate surface area is 180 Å². The van der Waals surface area contributed by atoms with E-state index in [-0.39, 0.29) is 30.5 Å². The summed E-state index contributed by atoms with van der Waals surface area (Å²) in [6.07, 6.45) is 0. The molecule has 1 saturated heterocycles. The quantitative estimate of drug-likeness (QED) is 0.653. The molecule has 1 heterocycles. The number of rotatable bonds is 8. The van der Waals surface area contributed by atoms with E-state index in [0.717, 1.165) is 18.8 Å². The molecule has 0 aliphatic carbocycles. The van der Waals surface area contributed by atoms with Crippen molar-refractivity contribution in [3.8, 4) is 5.75 Å². The van der Waals surface area contributed by atoms with E-state index in [2.05, 4.69) is 10.2 Å². The summed E-state index contributed by atoms with van der Waals surface area (Å²) in [5, 5.41) is 2.78. The number of nitrogens with zero attached hydrogens (tertiary/aromatic N) is 2. The first kappa shape index (κ1) is 22.1. The van der Waals surface area contributed by atoms with Crippen molar-refractivity contribution in [1.82, 2.24) is 4.90 Å². The second kappa shape index (κ2) is 10.4. The largest absolute Gasteiger partial charge is 0.484 e. The van der Waals surface area contributed by atoms with Gasteiger partial charge < -0.3 is 30.3 Å². The summed E-state index contributed by atoms with van der Waals surface area (Å²) < 4.78 is 10.8. The van der Waals surface area contributed by atoms with Gasteiger partial charge >= 0.3 is 0 Å². The third-order valence-corrected chi connectivity index (χ3v) is 4.81. The van der Waals surface area contributed by atoms with Gasteiger partial charge in [0.25, 0.3) is 5.91 Å². The van der Waals surface area contributed by atoms with E-state index in [4.69, 9.17) is 15.2 Å². The molecule has 31 heavy (non-hydrogen) atoms. The molecule has 9 heteroatoms. The van der Waals surface area contributed by atoms with E-state index in [1.54, 1.807) is 18.2 Å². The van der Waals surface area contributed by atoms with Crippen LogP contribution in [-0.4, -0.2) is 69.1 Å². The fraction of sp³-hybridized carbons (Fsp3) is 0.318. The van der Waals surface area contributed by atoms with Gasteiger partial charge in [0, 0.05) is 37.1 Å². The summed E-state index contributed by atoms with van der Waals surface area (Å²) in [6, 6.07) is 13.8. The van der Waals surface area contributed by atoms with Crippen molar-refractivity contribution in [2.75, 3.05) is 56.7 Å². The molecule has 3 amide bonds. The van der Waals surface area contributed by atoms with Crippen LogP contribution in [0.25, 0.3) is 0 Å². The second-order valence-electron chi connectivity index (χ2n) is 7.13. The Morgan fingerprint density at radius 1 is 1.13 bits per heavy atom. The minimum atomic E-state index is -0.580. The Hall–Kier alpha value is -3.59. The minimum absolute atomic E-state index is 0.116. The lowest BCUT2D eigenvalue weighted by Crippen LogP contribution is -2.37. The van der Waals surface area contributed by atoms with Crippen molar-refractivity contribution in [1.29, 1.82) is 0 Å². The first-order chi connectivity index (χ1) is 14.9. The molecular weight excluding hydrogens is 400 g/mol. The molecule has 1 fully saturated rings. The van der Waals surface area contributed by atoms with Crippen molar-refractivity contribution < 1.29 is 23.9 Å². The number of benzene rings is 2. The number of ether oxygens (including phenoxy) is 2. The van der Waals surface area contributed by atoms with Crippen molar-refractivity contribution >= 4 is 29.1 Å². The van der Waals surface area contributed by atoms with Gasteiger partial charge in [-0.25, -0.2) is 0 Å². The molecule has 1 aliphatic heterocycles. The molecule has 0 bridgehead atoms. The highest BCUT2D eigenvalue weighted by atomic mass is 16.5. The molecule has 2 aromatic carbocycles. The summed E-state index contributed by atoms with van der Waals surface area (Å²) in [4.78, 5) is 39.2. The van der Waals surface area contributed by atoms with Crippen LogP contribution in [0.15, 0.2) is 48.5 Å². The van der Waals surface area contributed by atoms with Gasteiger partial charge in [-0.05, 0) is 42.5 Å². The number of anilines is 2. The highest BCUT2D eigenvalue weighted by Crippen LogP contribution is 2.19. The van der Waals surface area contributed by atoms with Crippen LogP contribution in [0, 0.1) is 0 Å². The number of hydrogen-bond acceptors (Lipinski definition) is 6. The molecule has 0 atom stereocenters. The minimum Gasteiger partial charge on any atom is -0.484 e. The van der Waals surface area contributed by atoms with Crippen molar-refractivity contribution in [3.05, 3.63) is 54.1 Å². The predicted octanol–water partition coefficient (Wildman–Crippen LogP) is 1.10. The lowest BCUT2D eigenvalue weighted by molar-refractivity contribution is -0.135. The van der Waals surface area contributed by atoms with Gasteiger partial charge in [-0.2, -0.15) is 0 Å². The van der Waals surface area contributed by atoms with Gasteiger partial charge in [0.05, 0.1) is 19.8 Å². The maximum absolute atomic E-state index is 12.3.